The van der Waals surface area contributed by atoms with Crippen LogP contribution in [0.1, 0.15) is 25.7 Å². The Bertz CT molecular complexity index is 394. The highest BCUT2D eigenvalue weighted by molar-refractivity contribution is 5.31. The molecule has 1 heterocycles. The molecule has 0 aromatic heterocycles. The number of likely N-dealkylation sites (tertiary alicyclic amines) is 1. The van der Waals surface area contributed by atoms with Gasteiger partial charge in [0, 0.05) is 12.6 Å². The summed E-state index contributed by atoms with van der Waals surface area (Å²) in [5, 5.41) is 3.26. The van der Waals surface area contributed by atoms with Crippen molar-refractivity contribution in [2.24, 2.45) is 0 Å². The Balaban J connectivity index is 1.74. The number of piperidine rings is 1. The molecule has 1 aliphatic rings. The van der Waals surface area contributed by atoms with Crippen molar-refractivity contribution < 1.29 is 9.47 Å². The minimum atomic E-state index is 0.714. The zero-order chi connectivity index (χ0) is 14.9. The third-order valence-corrected chi connectivity index (χ3v) is 4.18. The zero-order valence-corrected chi connectivity index (χ0v) is 13.3. The fraction of sp³-hybridized carbons (Fsp3) is 0.647. The van der Waals surface area contributed by atoms with Crippen LogP contribution in [0.15, 0.2) is 24.3 Å². The molecule has 1 atom stereocenters. The van der Waals surface area contributed by atoms with Gasteiger partial charge in [-0.2, -0.15) is 0 Å². The number of ether oxygens (including phenoxy) is 2. The zero-order valence-electron chi connectivity index (χ0n) is 13.3. The number of methoxy groups -OCH3 is 1. The molecule has 0 spiro atoms. The highest BCUT2D eigenvalue weighted by Gasteiger charge is 2.21. The number of benzene rings is 1. The third-order valence-electron chi connectivity index (χ3n) is 4.18. The summed E-state index contributed by atoms with van der Waals surface area (Å²) >= 11 is 0. The average molecular weight is 292 g/mol. The van der Waals surface area contributed by atoms with Crippen molar-refractivity contribution in [3.8, 4) is 11.5 Å². The Kier molecular flexibility index (Phi) is 6.83. The Hall–Kier alpha value is -1.26. The normalized spacial score (nSPS) is 19.4. The molecule has 1 unspecified atom stereocenters. The van der Waals surface area contributed by atoms with Gasteiger partial charge in [-0.25, -0.2) is 0 Å². The molecule has 118 valence electrons. The largest absolute Gasteiger partial charge is 0.497 e. The maximum atomic E-state index is 5.85. The van der Waals surface area contributed by atoms with Gasteiger partial charge >= 0.3 is 0 Å². The lowest BCUT2D eigenvalue weighted by atomic mass is 9.99. The molecule has 1 aromatic carbocycles. The van der Waals surface area contributed by atoms with E-state index in [0.717, 1.165) is 31.2 Å². The van der Waals surface area contributed by atoms with Gasteiger partial charge in [-0.05, 0) is 63.7 Å². The van der Waals surface area contributed by atoms with Crippen LogP contribution >= 0.6 is 0 Å². The summed E-state index contributed by atoms with van der Waals surface area (Å²) in [5.74, 6) is 1.78. The highest BCUT2D eigenvalue weighted by Crippen LogP contribution is 2.20. The molecular weight excluding hydrogens is 264 g/mol. The summed E-state index contributed by atoms with van der Waals surface area (Å²) in [5.41, 5.74) is 0. The van der Waals surface area contributed by atoms with Gasteiger partial charge in [0.05, 0.1) is 7.11 Å². The summed E-state index contributed by atoms with van der Waals surface area (Å²) < 4.78 is 11.0. The molecule has 0 amide bonds. The number of rotatable bonds is 8. The Labute approximate surface area is 128 Å². The van der Waals surface area contributed by atoms with Crippen LogP contribution in [0.25, 0.3) is 0 Å². The lowest BCUT2D eigenvalue weighted by molar-refractivity contribution is 0.117. The molecule has 0 saturated carbocycles. The van der Waals surface area contributed by atoms with E-state index in [2.05, 4.69) is 10.2 Å². The van der Waals surface area contributed by atoms with Crippen LogP contribution < -0.4 is 14.8 Å². The van der Waals surface area contributed by atoms with Crippen molar-refractivity contribution >= 4 is 0 Å². The quantitative estimate of drug-likeness (QED) is 0.798. The van der Waals surface area contributed by atoms with Gasteiger partial charge in [0.2, 0.25) is 0 Å². The van der Waals surface area contributed by atoms with Gasteiger partial charge in [-0.1, -0.05) is 6.42 Å². The smallest absolute Gasteiger partial charge is 0.119 e. The van der Waals surface area contributed by atoms with Crippen molar-refractivity contribution in [1.82, 2.24) is 10.2 Å². The predicted molar refractivity (Wildman–Crippen MR) is 86.2 cm³/mol. The first-order chi connectivity index (χ1) is 10.3. The van der Waals surface area contributed by atoms with Crippen molar-refractivity contribution in [2.75, 3.05) is 40.4 Å². The van der Waals surface area contributed by atoms with Crippen LogP contribution in [0.3, 0.4) is 0 Å². The molecule has 1 aliphatic heterocycles. The minimum absolute atomic E-state index is 0.714. The molecule has 1 fully saturated rings. The molecule has 0 bridgehead atoms. The van der Waals surface area contributed by atoms with E-state index in [9.17, 15) is 0 Å². The van der Waals surface area contributed by atoms with Crippen molar-refractivity contribution in [3.05, 3.63) is 24.3 Å². The van der Waals surface area contributed by atoms with E-state index in [4.69, 9.17) is 9.47 Å². The van der Waals surface area contributed by atoms with Crippen LogP contribution in [0, 0.1) is 0 Å². The standard InChI is InChI=1S/C17H28N2O2/c1-18-11-10-15-5-3-4-12-19(15)13-14-21-17-8-6-16(20-2)7-9-17/h6-9,15,18H,3-5,10-14H2,1-2H3. The van der Waals surface area contributed by atoms with Crippen LogP contribution in [0.4, 0.5) is 0 Å². The molecule has 1 saturated heterocycles. The van der Waals surface area contributed by atoms with Gasteiger partial charge in [0.1, 0.15) is 18.1 Å². The Morgan fingerprint density at radius 3 is 2.67 bits per heavy atom. The molecule has 4 heteroatoms. The maximum absolute atomic E-state index is 5.85. The van der Waals surface area contributed by atoms with E-state index in [0.29, 0.717) is 6.04 Å². The van der Waals surface area contributed by atoms with Gasteiger partial charge in [0.15, 0.2) is 0 Å². The fourth-order valence-corrected chi connectivity index (χ4v) is 2.94. The van der Waals surface area contributed by atoms with Gasteiger partial charge in [0.25, 0.3) is 0 Å². The predicted octanol–water partition coefficient (Wildman–Crippen LogP) is 2.54. The number of hydrogen-bond donors (Lipinski definition) is 1. The van der Waals surface area contributed by atoms with Crippen LogP contribution in [-0.4, -0.2) is 51.3 Å². The van der Waals surface area contributed by atoms with Gasteiger partial charge < -0.3 is 14.8 Å². The topological polar surface area (TPSA) is 33.7 Å². The first-order valence-corrected chi connectivity index (χ1v) is 7.99. The Morgan fingerprint density at radius 2 is 1.95 bits per heavy atom. The van der Waals surface area contributed by atoms with Crippen LogP contribution in [0.5, 0.6) is 11.5 Å². The van der Waals surface area contributed by atoms with E-state index < -0.39 is 0 Å². The minimum Gasteiger partial charge on any atom is -0.497 e. The van der Waals surface area contributed by atoms with Crippen LogP contribution in [0.2, 0.25) is 0 Å². The van der Waals surface area contributed by atoms with E-state index in [1.165, 1.54) is 32.2 Å². The molecule has 0 aliphatic carbocycles. The fourth-order valence-electron chi connectivity index (χ4n) is 2.94. The second kappa shape index (κ2) is 8.90. The molecular formula is C17H28N2O2. The van der Waals surface area contributed by atoms with E-state index >= 15 is 0 Å². The van der Waals surface area contributed by atoms with E-state index in [1.54, 1.807) is 7.11 Å². The number of nitrogens with one attached hydrogen (secondary N) is 1. The molecule has 4 nitrogen and oxygen atoms in total. The molecule has 21 heavy (non-hydrogen) atoms. The molecule has 2 rings (SSSR count). The highest BCUT2D eigenvalue weighted by atomic mass is 16.5. The first-order valence-electron chi connectivity index (χ1n) is 7.99. The lowest BCUT2D eigenvalue weighted by Gasteiger charge is -2.35. The van der Waals surface area contributed by atoms with E-state index in [-0.39, 0.29) is 0 Å². The van der Waals surface area contributed by atoms with Gasteiger partial charge in [-0.15, -0.1) is 0 Å². The summed E-state index contributed by atoms with van der Waals surface area (Å²) in [4.78, 5) is 2.59. The number of hydrogen-bond acceptors (Lipinski definition) is 4. The Morgan fingerprint density at radius 1 is 1.19 bits per heavy atom. The SMILES string of the molecule is CNCCC1CCCCN1CCOc1ccc(OC)cc1. The average Bonchev–Trinajstić information content (AvgIpc) is 2.54. The third kappa shape index (κ3) is 5.21. The van der Waals surface area contributed by atoms with Gasteiger partial charge in [-0.3, -0.25) is 4.90 Å². The maximum Gasteiger partial charge on any atom is 0.119 e. The summed E-state index contributed by atoms with van der Waals surface area (Å²) in [6.45, 7) is 4.07. The van der Waals surface area contributed by atoms with Crippen molar-refractivity contribution in [1.29, 1.82) is 0 Å². The molecule has 0 radical (unpaired) electrons. The second-order valence-corrected chi connectivity index (χ2v) is 5.60. The number of nitrogens with zero attached hydrogens (tertiary/aromatic N) is 1. The van der Waals surface area contributed by atoms with Crippen molar-refractivity contribution in [3.63, 3.8) is 0 Å². The molecule has 1 aromatic rings. The van der Waals surface area contributed by atoms with E-state index in [1.807, 2.05) is 31.3 Å². The summed E-state index contributed by atoms with van der Waals surface area (Å²) in [6, 6.07) is 8.52. The molecule has 1 N–H and O–H groups in total. The van der Waals surface area contributed by atoms with Crippen LogP contribution in [-0.2, 0) is 0 Å². The summed E-state index contributed by atoms with van der Waals surface area (Å²) in [7, 11) is 3.71. The lowest BCUT2D eigenvalue weighted by Crippen LogP contribution is -2.42. The second-order valence-electron chi connectivity index (χ2n) is 5.60. The summed E-state index contributed by atoms with van der Waals surface area (Å²) in [6.07, 6.45) is 5.24. The monoisotopic (exact) mass is 292 g/mol. The van der Waals surface area contributed by atoms with Crippen molar-refractivity contribution in [2.45, 2.75) is 31.7 Å². The first kappa shape index (κ1) is 16.1.